The van der Waals surface area contributed by atoms with E-state index >= 15 is 0 Å². The van der Waals surface area contributed by atoms with Crippen molar-refractivity contribution < 1.29 is 4.79 Å². The fourth-order valence-corrected chi connectivity index (χ4v) is 2.08. The van der Waals surface area contributed by atoms with Crippen LogP contribution < -0.4 is 5.73 Å². The molecule has 2 N–H and O–H groups in total. The van der Waals surface area contributed by atoms with Gasteiger partial charge in [-0.25, -0.2) is 4.98 Å². The van der Waals surface area contributed by atoms with Crippen LogP contribution in [0.25, 0.3) is 0 Å². The lowest BCUT2D eigenvalue weighted by Gasteiger charge is -2.29. The van der Waals surface area contributed by atoms with Gasteiger partial charge in [0, 0.05) is 12.0 Å². The number of ketones is 1. The molecule has 16 heavy (non-hydrogen) atoms. The molecule has 4 heteroatoms. The van der Waals surface area contributed by atoms with E-state index in [-0.39, 0.29) is 22.6 Å². The number of nitrogen functional groups attached to an aromatic ring is 1. The molecular formula is C12H13N3O. The molecule has 1 heterocycles. The molecular weight excluding hydrogens is 202 g/mol. The molecule has 2 rings (SSSR count). The summed E-state index contributed by atoms with van der Waals surface area (Å²) in [5, 5.41) is 8.83. The van der Waals surface area contributed by atoms with Gasteiger partial charge in [-0.2, -0.15) is 5.26 Å². The molecule has 0 amide bonds. The Balaban J connectivity index is 2.59. The fourth-order valence-electron chi connectivity index (χ4n) is 2.08. The van der Waals surface area contributed by atoms with Crippen molar-refractivity contribution in [1.29, 1.82) is 5.26 Å². The van der Waals surface area contributed by atoms with E-state index in [1.54, 1.807) is 6.07 Å². The van der Waals surface area contributed by atoms with Crippen molar-refractivity contribution in [3.63, 3.8) is 0 Å². The molecule has 1 aromatic heterocycles. The lowest BCUT2D eigenvalue weighted by molar-refractivity contribution is 0.0910. The summed E-state index contributed by atoms with van der Waals surface area (Å²) in [5.41, 5.74) is 7.14. The summed E-state index contributed by atoms with van der Waals surface area (Å²) in [6.07, 6.45) is 1.22. The lowest BCUT2D eigenvalue weighted by Crippen LogP contribution is -2.28. The number of pyridine rings is 1. The van der Waals surface area contributed by atoms with Crippen molar-refractivity contribution in [2.75, 3.05) is 5.73 Å². The number of carbonyl (C=O) groups excluding carboxylic acids is 1. The maximum Gasteiger partial charge on any atom is 0.165 e. The van der Waals surface area contributed by atoms with Gasteiger partial charge in [0.25, 0.3) is 0 Å². The normalized spacial score (nSPS) is 17.7. The molecule has 4 nitrogen and oxygen atoms in total. The number of hydrogen-bond acceptors (Lipinski definition) is 4. The Morgan fingerprint density at radius 1 is 1.50 bits per heavy atom. The Morgan fingerprint density at radius 3 is 2.81 bits per heavy atom. The first-order chi connectivity index (χ1) is 7.43. The van der Waals surface area contributed by atoms with Gasteiger partial charge in [0.1, 0.15) is 11.9 Å². The monoisotopic (exact) mass is 215 g/mol. The Morgan fingerprint density at radius 2 is 2.19 bits per heavy atom. The van der Waals surface area contributed by atoms with Crippen LogP contribution in [0, 0.1) is 16.7 Å². The molecule has 0 bridgehead atoms. The van der Waals surface area contributed by atoms with Crippen LogP contribution in [-0.4, -0.2) is 10.8 Å². The van der Waals surface area contributed by atoms with Crippen LogP contribution in [0.4, 0.5) is 5.82 Å². The number of nitrogens with two attached hydrogens (primary N) is 1. The highest BCUT2D eigenvalue weighted by atomic mass is 16.1. The minimum atomic E-state index is -0.0717. The van der Waals surface area contributed by atoms with Crippen LogP contribution in [0.2, 0.25) is 0 Å². The predicted octanol–water partition coefficient (Wildman–Crippen LogP) is 1.69. The maximum atomic E-state index is 11.9. The lowest BCUT2D eigenvalue weighted by atomic mass is 9.75. The highest BCUT2D eigenvalue weighted by Gasteiger charge is 2.32. The second-order valence-corrected chi connectivity index (χ2v) is 4.97. The standard InChI is InChI=1S/C12H13N3O/c1-12(2)4-9-8(10(16)5-12)3-7(6-13)11(14)15-9/h3H,4-5H2,1-2H3,(H2,14,15). The van der Waals surface area contributed by atoms with Gasteiger partial charge in [-0.1, -0.05) is 13.8 Å². The molecule has 0 saturated heterocycles. The van der Waals surface area contributed by atoms with Gasteiger partial charge in [-0.15, -0.1) is 0 Å². The molecule has 0 atom stereocenters. The summed E-state index contributed by atoms with van der Waals surface area (Å²) in [7, 11) is 0. The largest absolute Gasteiger partial charge is 0.383 e. The van der Waals surface area contributed by atoms with Crippen molar-refractivity contribution in [2.45, 2.75) is 26.7 Å². The van der Waals surface area contributed by atoms with Gasteiger partial charge in [0.2, 0.25) is 0 Å². The zero-order valence-corrected chi connectivity index (χ0v) is 9.37. The second-order valence-electron chi connectivity index (χ2n) is 4.97. The molecule has 0 spiro atoms. The molecule has 1 aromatic rings. The van der Waals surface area contributed by atoms with Crippen molar-refractivity contribution in [3.05, 3.63) is 22.9 Å². The van der Waals surface area contributed by atoms with E-state index in [4.69, 9.17) is 11.0 Å². The highest BCUT2D eigenvalue weighted by molar-refractivity contribution is 5.99. The van der Waals surface area contributed by atoms with Gasteiger partial charge in [-0.05, 0) is 17.9 Å². The molecule has 0 saturated carbocycles. The van der Waals surface area contributed by atoms with Crippen molar-refractivity contribution in [2.24, 2.45) is 5.41 Å². The molecule has 0 unspecified atom stereocenters. The van der Waals surface area contributed by atoms with Gasteiger partial charge in [-0.3, -0.25) is 4.79 Å². The number of nitrogens with zero attached hydrogens (tertiary/aromatic N) is 2. The minimum absolute atomic E-state index is 0.0512. The number of hydrogen-bond donors (Lipinski definition) is 1. The average Bonchev–Trinajstić information content (AvgIpc) is 2.14. The minimum Gasteiger partial charge on any atom is -0.383 e. The van der Waals surface area contributed by atoms with E-state index in [1.807, 2.05) is 19.9 Å². The van der Waals surface area contributed by atoms with Gasteiger partial charge < -0.3 is 5.73 Å². The van der Waals surface area contributed by atoms with E-state index < -0.39 is 0 Å². The Labute approximate surface area is 94.1 Å². The molecule has 1 aliphatic carbocycles. The summed E-state index contributed by atoms with van der Waals surface area (Å²) < 4.78 is 0. The number of fused-ring (bicyclic) bond motifs is 1. The smallest absolute Gasteiger partial charge is 0.165 e. The molecule has 0 fully saturated rings. The van der Waals surface area contributed by atoms with Crippen LogP contribution in [0.15, 0.2) is 6.07 Å². The van der Waals surface area contributed by atoms with Crippen molar-refractivity contribution in [3.8, 4) is 6.07 Å². The van der Waals surface area contributed by atoms with Crippen LogP contribution in [-0.2, 0) is 6.42 Å². The van der Waals surface area contributed by atoms with Gasteiger partial charge in [0.05, 0.1) is 11.3 Å². The van der Waals surface area contributed by atoms with Crippen LogP contribution in [0.5, 0.6) is 0 Å². The van der Waals surface area contributed by atoms with Crippen LogP contribution in [0.3, 0.4) is 0 Å². The van der Waals surface area contributed by atoms with Crippen LogP contribution in [0.1, 0.15) is 41.9 Å². The molecule has 1 aliphatic rings. The number of nitriles is 1. The Hall–Kier alpha value is -1.89. The molecule has 82 valence electrons. The number of rotatable bonds is 0. The Kier molecular flexibility index (Phi) is 2.20. The number of aromatic nitrogens is 1. The third-order valence-electron chi connectivity index (χ3n) is 2.84. The first-order valence-corrected chi connectivity index (χ1v) is 5.16. The van der Waals surface area contributed by atoms with E-state index in [1.165, 1.54) is 0 Å². The number of anilines is 1. The van der Waals surface area contributed by atoms with Gasteiger partial charge in [0.15, 0.2) is 5.78 Å². The Bertz CT molecular complexity index is 512. The average molecular weight is 215 g/mol. The second kappa shape index (κ2) is 3.31. The van der Waals surface area contributed by atoms with Crippen LogP contribution >= 0.6 is 0 Å². The van der Waals surface area contributed by atoms with E-state index in [0.717, 1.165) is 12.1 Å². The summed E-state index contributed by atoms with van der Waals surface area (Å²) in [6.45, 7) is 4.06. The summed E-state index contributed by atoms with van der Waals surface area (Å²) in [4.78, 5) is 16.1. The number of Topliss-reactive ketones (excluding diaryl/α,β-unsaturated/α-hetero) is 1. The van der Waals surface area contributed by atoms with Gasteiger partial charge >= 0.3 is 0 Å². The van der Waals surface area contributed by atoms with E-state index in [2.05, 4.69) is 4.98 Å². The third kappa shape index (κ3) is 1.65. The zero-order chi connectivity index (χ0) is 11.9. The molecule has 0 aromatic carbocycles. The zero-order valence-electron chi connectivity index (χ0n) is 9.37. The topological polar surface area (TPSA) is 79.8 Å². The highest BCUT2D eigenvalue weighted by Crippen LogP contribution is 2.34. The van der Waals surface area contributed by atoms with E-state index in [0.29, 0.717) is 12.0 Å². The fraction of sp³-hybridized carbons (Fsp3) is 0.417. The predicted molar refractivity (Wildman–Crippen MR) is 59.8 cm³/mol. The summed E-state index contributed by atoms with van der Waals surface area (Å²) >= 11 is 0. The third-order valence-corrected chi connectivity index (χ3v) is 2.84. The van der Waals surface area contributed by atoms with E-state index in [9.17, 15) is 4.79 Å². The summed E-state index contributed by atoms with van der Waals surface area (Å²) in [5.74, 6) is 0.266. The summed E-state index contributed by atoms with van der Waals surface area (Å²) in [6, 6.07) is 3.51. The quantitative estimate of drug-likeness (QED) is 0.714. The first-order valence-electron chi connectivity index (χ1n) is 5.16. The number of carbonyl (C=O) groups is 1. The SMILES string of the molecule is CC1(C)CC(=O)c2cc(C#N)c(N)nc2C1. The molecule has 0 radical (unpaired) electrons. The van der Waals surface area contributed by atoms with Crippen molar-refractivity contribution in [1.82, 2.24) is 4.98 Å². The van der Waals surface area contributed by atoms with Crippen molar-refractivity contribution >= 4 is 11.6 Å². The first kappa shape index (κ1) is 10.6. The maximum absolute atomic E-state index is 11.9. The molecule has 0 aliphatic heterocycles.